The molecule has 0 aliphatic heterocycles. The standard InChI is InChI=1S/C12H21N3OS/c1-6-10(8-17-5)14(3)12-11(7-16)9(2)13-15(12)4/h7,10H,6,8H2,1-5H3. The van der Waals surface area contributed by atoms with E-state index < -0.39 is 0 Å². The number of thioether (sulfide) groups is 1. The SMILES string of the molecule is CCC(CSC)N(C)c1c(C=O)c(C)nn1C. The molecule has 1 aromatic rings. The molecule has 0 bridgehead atoms. The second kappa shape index (κ2) is 6.10. The molecule has 1 unspecified atom stereocenters. The molecular weight excluding hydrogens is 234 g/mol. The Bertz CT molecular complexity index is 389. The highest BCUT2D eigenvalue weighted by Gasteiger charge is 2.21. The molecule has 0 spiro atoms. The van der Waals surface area contributed by atoms with Crippen LogP contribution in [0.25, 0.3) is 0 Å². The van der Waals surface area contributed by atoms with Crippen LogP contribution in [0.5, 0.6) is 0 Å². The largest absolute Gasteiger partial charge is 0.355 e. The molecule has 1 aromatic heterocycles. The zero-order valence-electron chi connectivity index (χ0n) is 11.2. The number of aryl methyl sites for hydroxylation is 2. The van der Waals surface area contributed by atoms with Crippen molar-refractivity contribution in [1.82, 2.24) is 9.78 Å². The van der Waals surface area contributed by atoms with Gasteiger partial charge in [0.05, 0.1) is 11.3 Å². The summed E-state index contributed by atoms with van der Waals surface area (Å²) >= 11 is 1.82. The average molecular weight is 255 g/mol. The Morgan fingerprint density at radius 2 is 2.24 bits per heavy atom. The minimum Gasteiger partial charge on any atom is -0.355 e. The monoisotopic (exact) mass is 255 g/mol. The first-order valence-electron chi connectivity index (χ1n) is 5.77. The lowest BCUT2D eigenvalue weighted by Crippen LogP contribution is -2.35. The van der Waals surface area contributed by atoms with E-state index >= 15 is 0 Å². The van der Waals surface area contributed by atoms with Gasteiger partial charge in [0.2, 0.25) is 0 Å². The van der Waals surface area contributed by atoms with Gasteiger partial charge in [-0.05, 0) is 19.6 Å². The lowest BCUT2D eigenvalue weighted by Gasteiger charge is -2.29. The van der Waals surface area contributed by atoms with Crippen LogP contribution in [0.4, 0.5) is 5.82 Å². The van der Waals surface area contributed by atoms with Crippen molar-refractivity contribution in [1.29, 1.82) is 0 Å². The van der Waals surface area contributed by atoms with Gasteiger partial charge in [0.25, 0.3) is 0 Å². The van der Waals surface area contributed by atoms with Gasteiger partial charge in [-0.1, -0.05) is 6.92 Å². The van der Waals surface area contributed by atoms with Crippen molar-refractivity contribution in [2.75, 3.05) is 24.0 Å². The van der Waals surface area contributed by atoms with Crippen molar-refractivity contribution in [2.45, 2.75) is 26.3 Å². The Morgan fingerprint density at radius 1 is 1.59 bits per heavy atom. The summed E-state index contributed by atoms with van der Waals surface area (Å²) in [6.07, 6.45) is 4.06. The molecule has 0 radical (unpaired) electrons. The molecule has 0 N–H and O–H groups in total. The molecule has 96 valence electrons. The van der Waals surface area contributed by atoms with E-state index in [2.05, 4.69) is 23.2 Å². The molecule has 4 nitrogen and oxygen atoms in total. The van der Waals surface area contributed by atoms with Crippen LogP contribution < -0.4 is 4.90 Å². The fraction of sp³-hybridized carbons (Fsp3) is 0.667. The number of aromatic nitrogens is 2. The van der Waals surface area contributed by atoms with Crippen LogP contribution in [-0.4, -0.2) is 41.2 Å². The van der Waals surface area contributed by atoms with Crippen molar-refractivity contribution in [2.24, 2.45) is 7.05 Å². The zero-order valence-corrected chi connectivity index (χ0v) is 12.0. The summed E-state index contributed by atoms with van der Waals surface area (Å²) in [4.78, 5) is 13.3. The summed E-state index contributed by atoms with van der Waals surface area (Å²) in [6, 6.07) is 0.429. The lowest BCUT2D eigenvalue weighted by atomic mass is 10.2. The first-order chi connectivity index (χ1) is 8.06. The lowest BCUT2D eigenvalue weighted by molar-refractivity contribution is 0.112. The predicted octanol–water partition coefficient (Wildman–Crippen LogP) is 2.12. The number of rotatable bonds is 6. The van der Waals surface area contributed by atoms with Crippen molar-refractivity contribution in [3.63, 3.8) is 0 Å². The Hall–Kier alpha value is -0.970. The fourth-order valence-electron chi connectivity index (χ4n) is 2.09. The third-order valence-electron chi connectivity index (χ3n) is 3.07. The van der Waals surface area contributed by atoms with Gasteiger partial charge in [-0.3, -0.25) is 9.48 Å². The summed E-state index contributed by atoms with van der Waals surface area (Å²) in [7, 11) is 3.92. The molecule has 0 saturated carbocycles. The Kier molecular flexibility index (Phi) is 5.05. The molecular formula is C12H21N3OS. The average Bonchev–Trinajstić information content (AvgIpc) is 2.59. The van der Waals surface area contributed by atoms with E-state index in [0.717, 1.165) is 30.0 Å². The van der Waals surface area contributed by atoms with Crippen LogP contribution in [0, 0.1) is 6.92 Å². The summed E-state index contributed by atoms with van der Waals surface area (Å²) < 4.78 is 1.79. The molecule has 5 heteroatoms. The van der Waals surface area contributed by atoms with Gasteiger partial charge in [-0.25, -0.2) is 0 Å². The van der Waals surface area contributed by atoms with E-state index in [-0.39, 0.29) is 0 Å². The first-order valence-corrected chi connectivity index (χ1v) is 7.16. The van der Waals surface area contributed by atoms with Crippen molar-refractivity contribution >= 4 is 23.9 Å². The summed E-state index contributed by atoms with van der Waals surface area (Å²) in [5, 5.41) is 4.32. The topological polar surface area (TPSA) is 38.1 Å². The smallest absolute Gasteiger partial charge is 0.155 e. The van der Waals surface area contributed by atoms with Crippen LogP contribution in [-0.2, 0) is 7.05 Å². The van der Waals surface area contributed by atoms with Crippen molar-refractivity contribution in [3.8, 4) is 0 Å². The van der Waals surface area contributed by atoms with Gasteiger partial charge in [0.1, 0.15) is 5.82 Å². The molecule has 0 saturated heterocycles. The number of anilines is 1. The quantitative estimate of drug-likeness (QED) is 0.730. The van der Waals surface area contributed by atoms with Gasteiger partial charge in [-0.15, -0.1) is 0 Å². The minimum atomic E-state index is 0.429. The fourth-order valence-corrected chi connectivity index (χ4v) is 2.93. The number of carbonyl (C=O) groups is 1. The van der Waals surface area contributed by atoms with E-state index in [0.29, 0.717) is 11.6 Å². The third-order valence-corrected chi connectivity index (χ3v) is 3.79. The number of nitrogens with zero attached hydrogens (tertiary/aromatic N) is 3. The van der Waals surface area contributed by atoms with E-state index in [1.807, 2.05) is 32.8 Å². The molecule has 0 aromatic carbocycles. The van der Waals surface area contributed by atoms with Crippen LogP contribution in [0.1, 0.15) is 29.4 Å². The van der Waals surface area contributed by atoms with Gasteiger partial charge in [0, 0.05) is 25.9 Å². The normalized spacial score (nSPS) is 12.5. The Morgan fingerprint density at radius 3 is 2.71 bits per heavy atom. The Labute approximate surface area is 107 Å². The predicted molar refractivity (Wildman–Crippen MR) is 74.2 cm³/mol. The Balaban J connectivity index is 3.09. The number of hydrogen-bond donors (Lipinski definition) is 0. The summed E-state index contributed by atoms with van der Waals surface area (Å²) in [6.45, 7) is 4.04. The maximum absolute atomic E-state index is 11.1. The van der Waals surface area contributed by atoms with Gasteiger partial charge < -0.3 is 4.90 Å². The number of hydrogen-bond acceptors (Lipinski definition) is 4. The van der Waals surface area contributed by atoms with Crippen LogP contribution in [0.2, 0.25) is 0 Å². The van der Waals surface area contributed by atoms with E-state index in [1.54, 1.807) is 4.68 Å². The molecule has 0 fully saturated rings. The van der Waals surface area contributed by atoms with E-state index in [1.165, 1.54) is 0 Å². The second-order valence-electron chi connectivity index (χ2n) is 4.19. The van der Waals surface area contributed by atoms with Gasteiger partial charge in [-0.2, -0.15) is 16.9 Å². The molecule has 1 atom stereocenters. The highest BCUT2D eigenvalue weighted by atomic mass is 32.2. The maximum atomic E-state index is 11.1. The first kappa shape index (κ1) is 14.1. The van der Waals surface area contributed by atoms with E-state index in [9.17, 15) is 4.79 Å². The van der Waals surface area contributed by atoms with Crippen LogP contribution >= 0.6 is 11.8 Å². The maximum Gasteiger partial charge on any atom is 0.155 e. The number of carbonyl (C=O) groups excluding carboxylic acids is 1. The molecule has 17 heavy (non-hydrogen) atoms. The van der Waals surface area contributed by atoms with Gasteiger partial charge in [0.15, 0.2) is 6.29 Å². The van der Waals surface area contributed by atoms with Crippen molar-refractivity contribution in [3.05, 3.63) is 11.3 Å². The van der Waals surface area contributed by atoms with E-state index in [4.69, 9.17) is 0 Å². The second-order valence-corrected chi connectivity index (χ2v) is 5.10. The molecule has 1 heterocycles. The molecule has 1 rings (SSSR count). The molecule has 0 aliphatic carbocycles. The third kappa shape index (κ3) is 2.83. The van der Waals surface area contributed by atoms with Crippen LogP contribution in [0.3, 0.4) is 0 Å². The zero-order chi connectivity index (χ0) is 13.0. The van der Waals surface area contributed by atoms with Crippen molar-refractivity contribution < 1.29 is 4.79 Å². The van der Waals surface area contributed by atoms with Gasteiger partial charge >= 0.3 is 0 Å². The minimum absolute atomic E-state index is 0.429. The highest BCUT2D eigenvalue weighted by Crippen LogP contribution is 2.24. The summed E-state index contributed by atoms with van der Waals surface area (Å²) in [5.41, 5.74) is 1.50. The summed E-state index contributed by atoms with van der Waals surface area (Å²) in [5.74, 6) is 1.97. The molecule has 0 amide bonds. The molecule has 0 aliphatic rings. The number of aldehydes is 1. The highest BCUT2D eigenvalue weighted by molar-refractivity contribution is 7.98. The van der Waals surface area contributed by atoms with Crippen LogP contribution in [0.15, 0.2) is 0 Å².